The molecule has 4 aliphatic rings. The first-order chi connectivity index (χ1) is 45.1. The number of anilines is 2. The molecule has 4 fully saturated rings. The Hall–Kier alpha value is -7.84. The van der Waals surface area contributed by atoms with Crippen molar-refractivity contribution >= 4 is 45.8 Å². The number of amides is 1. The van der Waals surface area contributed by atoms with Gasteiger partial charge in [-0.3, -0.25) is 18.7 Å². The van der Waals surface area contributed by atoms with Crippen LogP contribution in [-0.2, 0) is 41.4 Å². The van der Waals surface area contributed by atoms with Gasteiger partial charge in [0.05, 0.1) is 32.3 Å². The lowest BCUT2D eigenvalue weighted by Crippen LogP contribution is -2.40. The van der Waals surface area contributed by atoms with E-state index in [2.05, 4.69) is 112 Å². The smallest absolute Gasteiger partial charge is 0.311 e. The average molecular weight is 1280 g/mol. The minimum atomic E-state index is -1.26. The van der Waals surface area contributed by atoms with E-state index in [1.165, 1.54) is 57.4 Å². The number of hydrogen-bond donors (Lipinski definition) is 8. The third-order valence-electron chi connectivity index (χ3n) is 18.4. The summed E-state index contributed by atoms with van der Waals surface area (Å²) in [6.45, 7) is 14.3. The Kier molecular flexibility index (Phi) is 23.7. The van der Waals surface area contributed by atoms with E-state index in [-0.39, 0.29) is 48.8 Å². The van der Waals surface area contributed by atoms with E-state index < -0.39 is 61.5 Å². The quantitative estimate of drug-likeness (QED) is 0.0328. The van der Waals surface area contributed by atoms with E-state index in [4.69, 9.17) is 28.9 Å². The zero-order chi connectivity index (χ0) is 65.5. The standard InChI is InChI=1S/C35H44N6O5.C27H29N5O6.C8H17N/c1-22(2)23-14-16-40(17-15-23)29(42)18-28-38-33(36-19-26(24-10-6-4-7-11-24)25-12-8-5-9-13-25)30-34(39-28)41(21-37-30)35-32(44)31(43)27(46-35)20-45-3;1-37-14-19-23(35)24(36)27(38-19)32-15-29-22-25(30-20(12-21(33)34)31-26(22)32)28-13-18(16-8-4-2-5-9-16)17-10-6-3-7-11-17;1-7(2)8-3-5-9-6-4-8/h4-13,21-23,26-27,31-32,35,43-44H,14-20H2,1-3H3,(H,36,38,39);2-11,15,18-19,23-24,27,35-36H,12-14H2,1H3,(H,33,34)(H,28,30,31);7-9H,3-6H2,1-2H3/t27-,31-,32-,35-;19-,23-,24-,27-;/m11./s1. The van der Waals surface area contributed by atoms with E-state index in [0.29, 0.717) is 59.1 Å². The normalized spacial score (nSPS) is 21.9. The summed E-state index contributed by atoms with van der Waals surface area (Å²) >= 11 is 0. The monoisotopic (exact) mass is 1270 g/mol. The molecule has 0 saturated carbocycles. The number of hydrogen-bond acceptors (Lipinski definition) is 19. The Balaban J connectivity index is 0.000000181. The summed E-state index contributed by atoms with van der Waals surface area (Å²) in [6, 6.07) is 40.6. The number of imidazole rings is 2. The van der Waals surface area contributed by atoms with Crippen LogP contribution < -0.4 is 16.0 Å². The molecule has 12 rings (SSSR count). The molecule has 8 N–H and O–H groups in total. The van der Waals surface area contributed by atoms with E-state index in [9.17, 15) is 35.1 Å². The molecule has 0 spiro atoms. The number of piperidine rings is 2. The van der Waals surface area contributed by atoms with Crippen molar-refractivity contribution < 1.29 is 54.1 Å². The van der Waals surface area contributed by atoms with E-state index >= 15 is 0 Å². The molecule has 0 unspecified atom stereocenters. The lowest BCUT2D eigenvalue weighted by atomic mass is 9.86. The molecular formula is C70H90N12O11. The molecule has 4 saturated heterocycles. The summed E-state index contributed by atoms with van der Waals surface area (Å²) in [5.74, 6) is 3.30. The van der Waals surface area contributed by atoms with Crippen molar-refractivity contribution in [2.75, 3.05) is 77.3 Å². The van der Waals surface area contributed by atoms with Crippen molar-refractivity contribution in [3.8, 4) is 0 Å². The maximum absolute atomic E-state index is 13.5. The number of carbonyl (C=O) groups is 2. The number of carboxylic acid groups (broad SMARTS) is 1. The number of rotatable bonds is 22. The van der Waals surface area contributed by atoms with Gasteiger partial charge in [-0.2, -0.15) is 0 Å². The largest absolute Gasteiger partial charge is 0.481 e. The summed E-state index contributed by atoms with van der Waals surface area (Å²) in [4.78, 5) is 54.5. The SMILES string of the molecule is CC(C)C1CCNCC1.COC[C@H]1O[C@@H](n2cnc3c(NCC(c4ccccc4)c4ccccc4)nc(CC(=O)N4CCC(C(C)C)CC4)nc32)[C@H](O)[C@@H]1O.COC[C@H]1O[C@@H](n2cnc3c(NCC(c4ccccc4)c4ccccc4)nc(CC(=O)O)nc32)[C@H](O)[C@@H]1O. The van der Waals surface area contributed by atoms with E-state index in [1.807, 2.05) is 77.7 Å². The van der Waals surface area contributed by atoms with Gasteiger partial charge in [0.1, 0.15) is 54.7 Å². The minimum Gasteiger partial charge on any atom is -0.481 e. The Labute approximate surface area is 543 Å². The second kappa shape index (κ2) is 32.3. The summed E-state index contributed by atoms with van der Waals surface area (Å²) in [5, 5.41) is 62.3. The summed E-state index contributed by atoms with van der Waals surface area (Å²) < 4.78 is 25.2. The van der Waals surface area contributed by atoms with Crippen LogP contribution in [0, 0.1) is 23.7 Å². The van der Waals surface area contributed by atoms with Crippen LogP contribution >= 0.6 is 0 Å². The number of nitrogens with zero attached hydrogens (tertiary/aromatic N) is 9. The third-order valence-corrected chi connectivity index (χ3v) is 18.4. The van der Waals surface area contributed by atoms with Crippen molar-refractivity contribution in [1.29, 1.82) is 0 Å². The lowest BCUT2D eigenvalue weighted by Gasteiger charge is -2.33. The first kappa shape index (κ1) is 68.0. The number of carboxylic acids is 1. The fraction of sp³-hybridized carbons (Fsp3) is 0.486. The highest BCUT2D eigenvalue weighted by atomic mass is 16.6. The Morgan fingerprint density at radius 1 is 0.548 bits per heavy atom. The molecule has 23 heteroatoms. The van der Waals surface area contributed by atoms with Gasteiger partial charge in [0.15, 0.2) is 46.4 Å². The van der Waals surface area contributed by atoms with Crippen molar-refractivity contribution in [2.24, 2.45) is 23.7 Å². The van der Waals surface area contributed by atoms with Crippen LogP contribution in [0.5, 0.6) is 0 Å². The van der Waals surface area contributed by atoms with Crippen LogP contribution in [0.3, 0.4) is 0 Å². The van der Waals surface area contributed by atoms with Crippen LogP contribution in [-0.4, -0.2) is 185 Å². The van der Waals surface area contributed by atoms with E-state index in [0.717, 1.165) is 60.0 Å². The van der Waals surface area contributed by atoms with Crippen LogP contribution in [0.2, 0.25) is 0 Å². The predicted molar refractivity (Wildman–Crippen MR) is 352 cm³/mol. The van der Waals surface area contributed by atoms with Crippen molar-refractivity contribution in [1.82, 2.24) is 49.3 Å². The van der Waals surface area contributed by atoms with Crippen LogP contribution in [0.25, 0.3) is 22.3 Å². The summed E-state index contributed by atoms with van der Waals surface area (Å²) in [6.07, 6.45) is -0.828. The fourth-order valence-corrected chi connectivity index (χ4v) is 12.9. The maximum Gasteiger partial charge on any atom is 0.311 e. The topological polar surface area (TPSA) is 299 Å². The second-order valence-corrected chi connectivity index (χ2v) is 25.2. The highest BCUT2D eigenvalue weighted by Gasteiger charge is 2.46. The van der Waals surface area contributed by atoms with Gasteiger partial charge in [-0.25, -0.2) is 29.9 Å². The van der Waals surface area contributed by atoms with Gasteiger partial charge in [0.2, 0.25) is 5.91 Å². The number of ether oxygens (including phenoxy) is 4. The predicted octanol–water partition coefficient (Wildman–Crippen LogP) is 7.38. The average Bonchev–Trinajstić information content (AvgIpc) is 1.64. The summed E-state index contributed by atoms with van der Waals surface area (Å²) in [7, 11) is 2.99. The van der Waals surface area contributed by atoms with Gasteiger partial charge in [-0.15, -0.1) is 0 Å². The number of nitrogens with one attached hydrogen (secondary N) is 3. The van der Waals surface area contributed by atoms with Crippen molar-refractivity contribution in [3.63, 3.8) is 0 Å². The lowest BCUT2D eigenvalue weighted by molar-refractivity contribution is -0.136. The molecule has 0 bridgehead atoms. The molecule has 0 aliphatic carbocycles. The number of aromatic nitrogens is 8. The molecule has 496 valence electrons. The molecule has 23 nitrogen and oxygen atoms in total. The van der Waals surface area contributed by atoms with Crippen LogP contribution in [0.15, 0.2) is 134 Å². The number of fused-ring (bicyclic) bond motifs is 2. The van der Waals surface area contributed by atoms with Gasteiger partial charge >= 0.3 is 5.97 Å². The number of likely N-dealkylation sites (tertiary alicyclic amines) is 1. The van der Waals surface area contributed by atoms with Gasteiger partial charge in [-0.1, -0.05) is 149 Å². The number of aliphatic carboxylic acids is 1. The molecule has 93 heavy (non-hydrogen) atoms. The molecular weight excluding hydrogens is 1180 g/mol. The molecule has 4 aromatic heterocycles. The Morgan fingerprint density at radius 3 is 1.28 bits per heavy atom. The van der Waals surface area contributed by atoms with Gasteiger partial charge in [-0.05, 0) is 84.7 Å². The zero-order valence-corrected chi connectivity index (χ0v) is 53.9. The Bertz CT molecular complexity index is 3550. The number of carbonyl (C=O) groups excluding carboxylic acids is 1. The highest BCUT2D eigenvalue weighted by molar-refractivity contribution is 5.85. The number of aliphatic hydroxyl groups excluding tert-OH is 4. The zero-order valence-electron chi connectivity index (χ0n) is 53.9. The van der Waals surface area contributed by atoms with Gasteiger partial charge in [0, 0.05) is 52.2 Å². The number of benzene rings is 4. The molecule has 8 aromatic rings. The fourth-order valence-electron chi connectivity index (χ4n) is 12.9. The minimum absolute atomic E-state index is 0.0160. The van der Waals surface area contributed by atoms with Crippen LogP contribution in [0.1, 0.15) is 112 Å². The van der Waals surface area contributed by atoms with Gasteiger partial charge < -0.3 is 65.3 Å². The second-order valence-electron chi connectivity index (χ2n) is 25.2. The number of methoxy groups -OCH3 is 2. The van der Waals surface area contributed by atoms with E-state index in [1.54, 1.807) is 4.57 Å². The molecule has 1 amide bonds. The third kappa shape index (κ3) is 16.8. The number of aliphatic hydroxyl groups is 4. The highest BCUT2D eigenvalue weighted by Crippen LogP contribution is 2.36. The van der Waals surface area contributed by atoms with Crippen molar-refractivity contribution in [2.45, 2.75) is 127 Å². The maximum atomic E-state index is 13.5. The first-order valence-electron chi connectivity index (χ1n) is 32.5. The van der Waals surface area contributed by atoms with Gasteiger partial charge in [0.25, 0.3) is 0 Å². The molecule has 8 atom stereocenters. The Morgan fingerprint density at radius 2 is 0.925 bits per heavy atom. The van der Waals surface area contributed by atoms with Crippen LogP contribution in [0.4, 0.5) is 11.6 Å². The molecule has 4 aliphatic heterocycles. The molecule has 4 aromatic carbocycles. The first-order valence-corrected chi connectivity index (χ1v) is 32.5. The molecule has 0 radical (unpaired) electrons. The summed E-state index contributed by atoms with van der Waals surface area (Å²) in [5.41, 5.74) is 6.07. The molecule has 8 heterocycles. The van der Waals surface area contributed by atoms with Crippen molar-refractivity contribution in [3.05, 3.63) is 168 Å².